The first-order chi connectivity index (χ1) is 24.8. The fourth-order valence-corrected chi connectivity index (χ4v) is 10.2. The molecular weight excluding hydrogens is 658 g/mol. The van der Waals surface area contributed by atoms with Crippen molar-refractivity contribution in [3.63, 3.8) is 0 Å². The summed E-state index contributed by atoms with van der Waals surface area (Å²) >= 11 is 0. The molecule has 0 aromatic heterocycles. The Kier molecular flexibility index (Phi) is 7.69. The van der Waals surface area contributed by atoms with Crippen LogP contribution in [0.5, 0.6) is 28.7 Å². The second-order valence-corrected chi connectivity index (χ2v) is 16.1. The van der Waals surface area contributed by atoms with Crippen molar-refractivity contribution in [1.82, 2.24) is 0 Å². The van der Waals surface area contributed by atoms with Gasteiger partial charge in [0.15, 0.2) is 17.1 Å². The summed E-state index contributed by atoms with van der Waals surface area (Å²) in [6, 6.07) is 22.2. The fraction of sp³-hybridized carbons (Fsp3) is 0.333. The van der Waals surface area contributed by atoms with Gasteiger partial charge in [-0.15, -0.1) is 0 Å². The van der Waals surface area contributed by atoms with Gasteiger partial charge in [-0.2, -0.15) is 0 Å². The molecule has 5 nitrogen and oxygen atoms in total. The normalized spacial score (nSPS) is 18.3. The van der Waals surface area contributed by atoms with Gasteiger partial charge in [-0.1, -0.05) is 58.0 Å². The lowest BCUT2D eigenvalue weighted by atomic mass is 9.52. The van der Waals surface area contributed by atoms with Crippen molar-refractivity contribution in [2.75, 3.05) is 28.4 Å². The lowest BCUT2D eigenvalue weighted by Gasteiger charge is -2.52. The molecule has 7 heteroatoms. The Morgan fingerprint density at radius 1 is 0.615 bits per heavy atom. The van der Waals surface area contributed by atoms with E-state index in [9.17, 15) is 0 Å². The zero-order valence-corrected chi connectivity index (χ0v) is 31.0. The Bertz CT molecular complexity index is 2200. The quantitative estimate of drug-likeness (QED) is 0.176. The van der Waals surface area contributed by atoms with Gasteiger partial charge in [-0.25, -0.2) is 8.78 Å². The van der Waals surface area contributed by atoms with Crippen LogP contribution in [0.4, 0.5) is 8.78 Å². The molecule has 1 aliphatic heterocycles. The van der Waals surface area contributed by atoms with E-state index in [1.54, 1.807) is 28.4 Å². The van der Waals surface area contributed by atoms with E-state index in [0.717, 1.165) is 62.6 Å². The second-order valence-electron chi connectivity index (χ2n) is 16.1. The third kappa shape index (κ3) is 4.99. The van der Waals surface area contributed by atoms with Crippen LogP contribution in [0.2, 0.25) is 0 Å². The van der Waals surface area contributed by atoms with Crippen molar-refractivity contribution in [3.8, 4) is 39.9 Å². The number of methoxy groups -OCH3 is 4. The van der Waals surface area contributed by atoms with Crippen LogP contribution in [-0.2, 0) is 11.0 Å². The van der Waals surface area contributed by atoms with E-state index >= 15 is 8.78 Å². The standard InChI is InChI=1S/C45H44F2O5/c1-42(2)23-43(3,4)25-44(24-42)39-34(19-28(46)20-35(39)47)38-32-21-36(50-7)37(51-8)22-33(32)41-31(40(38)44)17-18-45(52-41,26-9-13-29(48-5)14-10-26)27-11-15-30(49-6)16-12-27/h9-22H,23-25H2,1-8H3. The minimum atomic E-state index is -1.07. The van der Waals surface area contributed by atoms with Crippen LogP contribution < -0.4 is 23.7 Å². The van der Waals surface area contributed by atoms with E-state index in [-0.39, 0.29) is 10.8 Å². The average Bonchev–Trinajstić information content (AvgIpc) is 3.37. The lowest BCUT2D eigenvalue weighted by Crippen LogP contribution is -2.45. The molecule has 0 bridgehead atoms. The van der Waals surface area contributed by atoms with E-state index in [4.69, 9.17) is 23.7 Å². The molecule has 0 unspecified atom stereocenters. The maximum Gasteiger partial charge on any atom is 0.178 e. The summed E-state index contributed by atoms with van der Waals surface area (Å²) < 4.78 is 62.4. The highest BCUT2D eigenvalue weighted by atomic mass is 19.1. The third-order valence-corrected chi connectivity index (χ3v) is 11.4. The van der Waals surface area contributed by atoms with Gasteiger partial charge in [0.05, 0.1) is 28.4 Å². The molecule has 0 saturated heterocycles. The summed E-state index contributed by atoms with van der Waals surface area (Å²) in [5, 5.41) is 1.54. The molecule has 1 heterocycles. The minimum Gasteiger partial charge on any atom is -0.497 e. The average molecular weight is 703 g/mol. The second kappa shape index (κ2) is 11.7. The van der Waals surface area contributed by atoms with Crippen LogP contribution in [0.3, 0.4) is 0 Å². The van der Waals surface area contributed by atoms with Crippen LogP contribution in [-0.4, -0.2) is 28.4 Å². The Morgan fingerprint density at radius 2 is 1.15 bits per heavy atom. The molecule has 5 aromatic carbocycles. The largest absolute Gasteiger partial charge is 0.497 e. The fourth-order valence-electron chi connectivity index (χ4n) is 10.2. The first kappa shape index (κ1) is 34.1. The van der Waals surface area contributed by atoms with Gasteiger partial charge in [0.2, 0.25) is 0 Å². The van der Waals surface area contributed by atoms with Crippen molar-refractivity contribution in [2.45, 2.75) is 58.0 Å². The summed E-state index contributed by atoms with van der Waals surface area (Å²) in [6.07, 6.45) is 6.58. The highest BCUT2D eigenvalue weighted by Crippen LogP contribution is 2.67. The Labute approximate surface area is 304 Å². The van der Waals surface area contributed by atoms with Gasteiger partial charge in [0.1, 0.15) is 28.9 Å². The molecule has 8 rings (SSSR count). The predicted octanol–water partition coefficient (Wildman–Crippen LogP) is 11.0. The zero-order valence-electron chi connectivity index (χ0n) is 31.0. The van der Waals surface area contributed by atoms with Crippen molar-refractivity contribution in [2.24, 2.45) is 10.8 Å². The summed E-state index contributed by atoms with van der Waals surface area (Å²) in [5.74, 6) is 2.00. The molecule has 52 heavy (non-hydrogen) atoms. The van der Waals surface area contributed by atoms with Crippen molar-refractivity contribution in [3.05, 3.63) is 118 Å². The van der Waals surface area contributed by atoms with Crippen molar-refractivity contribution >= 4 is 16.8 Å². The van der Waals surface area contributed by atoms with Crippen molar-refractivity contribution in [1.29, 1.82) is 0 Å². The van der Waals surface area contributed by atoms with Crippen LogP contribution in [0.25, 0.3) is 28.0 Å². The monoisotopic (exact) mass is 702 g/mol. The molecule has 0 atom stereocenters. The van der Waals surface area contributed by atoms with E-state index in [1.165, 1.54) is 6.07 Å². The Morgan fingerprint density at radius 3 is 1.67 bits per heavy atom. The molecule has 3 aliphatic rings. The zero-order chi connectivity index (χ0) is 36.8. The van der Waals surface area contributed by atoms with Gasteiger partial charge in [-0.05, 0) is 101 Å². The summed E-state index contributed by atoms with van der Waals surface area (Å²) in [5.41, 5.74) is 3.45. The number of benzene rings is 5. The first-order valence-corrected chi connectivity index (χ1v) is 17.7. The number of hydrogen-bond donors (Lipinski definition) is 0. The molecule has 1 fully saturated rings. The van der Waals surface area contributed by atoms with Gasteiger partial charge in [0.25, 0.3) is 0 Å². The lowest BCUT2D eigenvalue weighted by molar-refractivity contribution is 0.0627. The van der Waals surface area contributed by atoms with E-state index < -0.39 is 22.7 Å². The first-order valence-electron chi connectivity index (χ1n) is 17.7. The number of ether oxygens (including phenoxy) is 5. The Hall–Kier alpha value is -5.04. The highest BCUT2D eigenvalue weighted by Gasteiger charge is 2.57. The molecule has 5 aromatic rings. The number of halogens is 2. The Balaban J connectivity index is 1.52. The van der Waals surface area contributed by atoms with Gasteiger partial charge in [0, 0.05) is 39.1 Å². The van der Waals surface area contributed by atoms with Gasteiger partial charge >= 0.3 is 0 Å². The van der Waals surface area contributed by atoms with E-state index in [2.05, 4.69) is 39.8 Å². The van der Waals surface area contributed by atoms with Gasteiger partial charge < -0.3 is 23.7 Å². The topological polar surface area (TPSA) is 46.2 Å². The maximum absolute atomic E-state index is 16.7. The molecule has 0 N–H and O–H groups in total. The summed E-state index contributed by atoms with van der Waals surface area (Å²) in [7, 11) is 6.49. The molecular formula is C45H44F2O5. The summed E-state index contributed by atoms with van der Waals surface area (Å²) in [6.45, 7) is 9.06. The van der Waals surface area contributed by atoms with Crippen LogP contribution in [0.1, 0.15) is 74.8 Å². The molecule has 0 radical (unpaired) electrons. The molecule has 0 amide bonds. The number of rotatable bonds is 6. The minimum absolute atomic E-state index is 0.143. The smallest absolute Gasteiger partial charge is 0.178 e. The molecule has 2 aliphatic carbocycles. The number of fused-ring (bicyclic) bond motifs is 10. The predicted molar refractivity (Wildman–Crippen MR) is 201 cm³/mol. The highest BCUT2D eigenvalue weighted by molar-refractivity contribution is 6.09. The molecule has 268 valence electrons. The van der Waals surface area contributed by atoms with E-state index in [0.29, 0.717) is 41.2 Å². The van der Waals surface area contributed by atoms with E-state index in [1.807, 2.05) is 60.7 Å². The third-order valence-electron chi connectivity index (χ3n) is 11.4. The van der Waals surface area contributed by atoms with Crippen LogP contribution >= 0.6 is 0 Å². The van der Waals surface area contributed by atoms with Crippen LogP contribution in [0.15, 0.2) is 78.9 Å². The van der Waals surface area contributed by atoms with Crippen molar-refractivity contribution < 1.29 is 32.5 Å². The van der Waals surface area contributed by atoms with Crippen LogP contribution in [0, 0.1) is 22.5 Å². The molecule has 1 saturated carbocycles. The SMILES string of the molecule is COc1ccc(C2(c3ccc(OC)cc3)C=Cc3c4c(c5cc(OC)c(OC)cc5c3O2)-c2cc(F)cc(F)c2C42CC(C)(C)CC(C)(C)C2)cc1. The van der Waals surface area contributed by atoms with Gasteiger partial charge in [-0.3, -0.25) is 0 Å². The maximum atomic E-state index is 16.7. The summed E-state index contributed by atoms with van der Waals surface area (Å²) in [4.78, 5) is 0. The molecule has 1 spiro atoms. The number of hydrogen-bond acceptors (Lipinski definition) is 5.